The predicted octanol–water partition coefficient (Wildman–Crippen LogP) is 3.72. The van der Waals surface area contributed by atoms with Crippen LogP contribution < -0.4 is 14.8 Å². The van der Waals surface area contributed by atoms with Crippen molar-refractivity contribution in [2.75, 3.05) is 6.54 Å². The molecule has 1 atom stereocenters. The minimum atomic E-state index is -4.74. The SMILES string of the molecule is Cn1nccc1C(=O)NCC1Cc2cc(-c3cccc(OC(F)(F)F)c3)ccc2O1. The van der Waals surface area contributed by atoms with Gasteiger partial charge in [0.15, 0.2) is 0 Å². The molecule has 1 amide bonds. The van der Waals surface area contributed by atoms with Gasteiger partial charge in [0, 0.05) is 19.7 Å². The standard InChI is InChI=1S/C21H18F3N3O3/c1-27-18(7-8-26-27)20(28)25-12-17-11-15-9-14(5-6-19(15)29-17)13-3-2-4-16(10-13)30-21(22,23)24/h2-10,17H,11-12H2,1H3,(H,25,28). The molecule has 1 aliphatic heterocycles. The zero-order valence-electron chi connectivity index (χ0n) is 15.9. The quantitative estimate of drug-likeness (QED) is 0.687. The average molecular weight is 417 g/mol. The predicted molar refractivity (Wildman–Crippen MR) is 102 cm³/mol. The van der Waals surface area contributed by atoms with Crippen molar-refractivity contribution < 1.29 is 27.4 Å². The lowest BCUT2D eigenvalue weighted by molar-refractivity contribution is -0.274. The third-order valence-corrected chi connectivity index (χ3v) is 4.75. The molecule has 1 unspecified atom stereocenters. The van der Waals surface area contributed by atoms with E-state index in [1.54, 1.807) is 37.5 Å². The smallest absolute Gasteiger partial charge is 0.488 e. The van der Waals surface area contributed by atoms with Crippen LogP contribution in [-0.4, -0.2) is 34.7 Å². The fraction of sp³-hybridized carbons (Fsp3) is 0.238. The topological polar surface area (TPSA) is 65.4 Å². The van der Waals surface area contributed by atoms with Gasteiger partial charge in [-0.1, -0.05) is 18.2 Å². The molecule has 30 heavy (non-hydrogen) atoms. The minimum Gasteiger partial charge on any atom is -0.488 e. The second-order valence-electron chi connectivity index (χ2n) is 6.89. The summed E-state index contributed by atoms with van der Waals surface area (Å²) in [6.07, 6.45) is -2.84. The molecule has 0 fully saturated rings. The Kier molecular flexibility index (Phi) is 5.11. The highest BCUT2D eigenvalue weighted by atomic mass is 19.4. The second kappa shape index (κ2) is 7.74. The number of benzene rings is 2. The van der Waals surface area contributed by atoms with Crippen LogP contribution in [0.1, 0.15) is 16.1 Å². The van der Waals surface area contributed by atoms with Gasteiger partial charge < -0.3 is 14.8 Å². The van der Waals surface area contributed by atoms with Gasteiger partial charge in [-0.2, -0.15) is 5.10 Å². The molecule has 9 heteroatoms. The first-order chi connectivity index (χ1) is 14.3. The van der Waals surface area contributed by atoms with E-state index in [1.807, 2.05) is 6.07 Å². The number of nitrogens with one attached hydrogen (secondary N) is 1. The van der Waals surface area contributed by atoms with Crippen molar-refractivity contribution in [1.82, 2.24) is 15.1 Å². The third kappa shape index (κ3) is 4.40. The number of carbonyl (C=O) groups is 1. The van der Waals surface area contributed by atoms with Crippen LogP contribution in [-0.2, 0) is 13.5 Å². The maximum Gasteiger partial charge on any atom is 0.573 e. The molecule has 2 aromatic carbocycles. The molecule has 0 saturated carbocycles. The minimum absolute atomic E-state index is 0.229. The molecule has 0 spiro atoms. The maximum absolute atomic E-state index is 12.5. The van der Waals surface area contributed by atoms with Crippen LogP contribution in [0.15, 0.2) is 54.7 Å². The Balaban J connectivity index is 1.43. The Morgan fingerprint density at radius 1 is 1.23 bits per heavy atom. The lowest BCUT2D eigenvalue weighted by Gasteiger charge is -2.12. The van der Waals surface area contributed by atoms with Crippen molar-refractivity contribution in [3.8, 4) is 22.6 Å². The van der Waals surface area contributed by atoms with Gasteiger partial charge in [-0.15, -0.1) is 13.2 Å². The molecular formula is C21H18F3N3O3. The van der Waals surface area contributed by atoms with E-state index in [9.17, 15) is 18.0 Å². The maximum atomic E-state index is 12.5. The van der Waals surface area contributed by atoms with Crippen molar-refractivity contribution in [3.63, 3.8) is 0 Å². The number of ether oxygens (including phenoxy) is 2. The Bertz CT molecular complexity index is 1080. The van der Waals surface area contributed by atoms with Gasteiger partial charge in [0.1, 0.15) is 23.3 Å². The molecule has 156 valence electrons. The molecule has 1 aromatic heterocycles. The van der Waals surface area contributed by atoms with Gasteiger partial charge in [0.25, 0.3) is 5.91 Å². The molecule has 0 saturated heterocycles. The highest BCUT2D eigenvalue weighted by molar-refractivity contribution is 5.92. The molecule has 6 nitrogen and oxygen atoms in total. The molecule has 0 aliphatic carbocycles. The number of halogens is 3. The fourth-order valence-corrected chi connectivity index (χ4v) is 3.38. The molecule has 0 radical (unpaired) electrons. The molecule has 2 heterocycles. The number of nitrogens with zero attached hydrogens (tertiary/aromatic N) is 2. The first-order valence-corrected chi connectivity index (χ1v) is 9.20. The van der Waals surface area contributed by atoms with Crippen molar-refractivity contribution in [2.24, 2.45) is 7.05 Å². The highest BCUT2D eigenvalue weighted by Crippen LogP contribution is 2.34. The van der Waals surface area contributed by atoms with Crippen LogP contribution in [0.2, 0.25) is 0 Å². The number of hydrogen-bond acceptors (Lipinski definition) is 4. The van der Waals surface area contributed by atoms with E-state index < -0.39 is 6.36 Å². The van der Waals surface area contributed by atoms with Gasteiger partial charge in [-0.3, -0.25) is 9.48 Å². The molecule has 1 aliphatic rings. The van der Waals surface area contributed by atoms with Crippen LogP contribution in [0.25, 0.3) is 11.1 Å². The van der Waals surface area contributed by atoms with E-state index in [1.165, 1.54) is 22.9 Å². The third-order valence-electron chi connectivity index (χ3n) is 4.75. The summed E-state index contributed by atoms with van der Waals surface area (Å²) >= 11 is 0. The molecular weight excluding hydrogens is 399 g/mol. The summed E-state index contributed by atoms with van der Waals surface area (Å²) in [4.78, 5) is 12.2. The molecule has 1 N–H and O–H groups in total. The summed E-state index contributed by atoms with van der Waals surface area (Å²) < 4.78 is 48.8. The van der Waals surface area contributed by atoms with Crippen molar-refractivity contribution in [1.29, 1.82) is 0 Å². The summed E-state index contributed by atoms with van der Waals surface area (Å²) in [6.45, 7) is 0.322. The lowest BCUT2D eigenvalue weighted by atomic mass is 10.0. The molecule has 0 bridgehead atoms. The molecule has 3 aromatic rings. The van der Waals surface area contributed by atoms with Crippen LogP contribution in [0.5, 0.6) is 11.5 Å². The van der Waals surface area contributed by atoms with Gasteiger partial charge in [-0.05, 0) is 47.0 Å². The number of rotatable bonds is 5. The second-order valence-corrected chi connectivity index (χ2v) is 6.89. The van der Waals surface area contributed by atoms with Gasteiger partial charge in [-0.25, -0.2) is 0 Å². The number of carbonyl (C=O) groups excluding carboxylic acids is 1. The number of aryl methyl sites for hydroxylation is 1. The number of alkyl halides is 3. The van der Waals surface area contributed by atoms with Crippen molar-refractivity contribution in [3.05, 3.63) is 66.0 Å². The summed E-state index contributed by atoms with van der Waals surface area (Å²) in [7, 11) is 1.69. The Morgan fingerprint density at radius 3 is 2.77 bits per heavy atom. The van der Waals surface area contributed by atoms with E-state index in [4.69, 9.17) is 4.74 Å². The van der Waals surface area contributed by atoms with Crippen molar-refractivity contribution >= 4 is 5.91 Å². The Morgan fingerprint density at radius 2 is 2.03 bits per heavy atom. The average Bonchev–Trinajstić information content (AvgIpc) is 3.30. The normalized spacial score (nSPS) is 15.4. The van der Waals surface area contributed by atoms with Crippen LogP contribution in [0.3, 0.4) is 0 Å². The van der Waals surface area contributed by atoms with E-state index in [0.29, 0.717) is 30.0 Å². The van der Waals surface area contributed by atoms with Gasteiger partial charge in [0.05, 0.1) is 6.54 Å². The van der Waals surface area contributed by atoms with Crippen molar-refractivity contribution in [2.45, 2.75) is 18.9 Å². The zero-order valence-corrected chi connectivity index (χ0v) is 15.9. The number of hydrogen-bond donors (Lipinski definition) is 1. The lowest BCUT2D eigenvalue weighted by Crippen LogP contribution is -2.35. The van der Waals surface area contributed by atoms with E-state index in [-0.39, 0.29) is 17.8 Å². The largest absolute Gasteiger partial charge is 0.573 e. The van der Waals surface area contributed by atoms with Gasteiger partial charge >= 0.3 is 6.36 Å². The van der Waals surface area contributed by atoms with E-state index >= 15 is 0 Å². The zero-order chi connectivity index (χ0) is 21.3. The van der Waals surface area contributed by atoms with Crippen LogP contribution >= 0.6 is 0 Å². The number of fused-ring (bicyclic) bond motifs is 1. The van der Waals surface area contributed by atoms with Crippen LogP contribution in [0.4, 0.5) is 13.2 Å². The monoisotopic (exact) mass is 417 g/mol. The van der Waals surface area contributed by atoms with Gasteiger partial charge in [0.2, 0.25) is 0 Å². The van der Waals surface area contributed by atoms with E-state index in [0.717, 1.165) is 11.1 Å². The highest BCUT2D eigenvalue weighted by Gasteiger charge is 2.31. The summed E-state index contributed by atoms with van der Waals surface area (Å²) in [5.41, 5.74) is 2.74. The first kappa shape index (κ1) is 19.8. The molecule has 4 rings (SSSR count). The number of aromatic nitrogens is 2. The summed E-state index contributed by atoms with van der Waals surface area (Å²) in [5.74, 6) is 0.186. The number of amides is 1. The van der Waals surface area contributed by atoms with Crippen LogP contribution in [0, 0.1) is 0 Å². The summed E-state index contributed by atoms with van der Waals surface area (Å²) in [6, 6.07) is 12.9. The first-order valence-electron chi connectivity index (χ1n) is 9.20. The summed E-state index contributed by atoms with van der Waals surface area (Å²) in [5, 5.41) is 6.80. The Hall–Kier alpha value is -3.49. The van der Waals surface area contributed by atoms with E-state index in [2.05, 4.69) is 15.2 Å². The Labute approximate surface area is 170 Å². The fourth-order valence-electron chi connectivity index (χ4n) is 3.38.